The maximum atomic E-state index is 10.9. The first-order valence-corrected chi connectivity index (χ1v) is 8.60. The molecular weight excluding hydrogens is 507 g/mol. The van der Waals surface area contributed by atoms with Crippen LogP contribution in [0.4, 0.5) is 0 Å². The molecule has 0 spiro atoms. The number of rotatable bonds is 12. The van der Waals surface area contributed by atoms with Crippen molar-refractivity contribution in [3.05, 3.63) is 48.3 Å². The number of ketones is 2. The van der Waals surface area contributed by atoms with Crippen LogP contribution in [0.3, 0.4) is 0 Å². The van der Waals surface area contributed by atoms with Crippen LogP contribution in [0.25, 0.3) is 0 Å². The Kier molecular flexibility index (Phi) is 20.2. The molecule has 10 nitrogen and oxygen atoms in total. The summed E-state index contributed by atoms with van der Waals surface area (Å²) < 4.78 is 18.7. The van der Waals surface area contributed by atoms with Gasteiger partial charge in [0.1, 0.15) is 26.4 Å². The number of carbonyl (C=O) groups excluding carboxylic acids is 4. The largest absolute Gasteiger partial charge is 0.481 e. The fraction of sp³-hybridized carbons (Fsp3) is 0.400. The minimum absolute atomic E-state index is 0. The standard InChI is InChI=1S/2C10H14O5.Pd/c2*1-7(2)10(13)15-5-4-14-9(12)6-8(3)11;/h2*6,12H,1,4-5H2,2-3H3;/b2*9-6+;. The molecule has 0 heterocycles. The van der Waals surface area contributed by atoms with Gasteiger partial charge in [-0.25, -0.2) is 9.59 Å². The van der Waals surface area contributed by atoms with Gasteiger partial charge in [-0.2, -0.15) is 0 Å². The molecule has 0 fully saturated rings. The Balaban J connectivity index is -0.000000490. The van der Waals surface area contributed by atoms with Gasteiger partial charge < -0.3 is 29.2 Å². The molecule has 31 heavy (non-hydrogen) atoms. The molecule has 178 valence electrons. The van der Waals surface area contributed by atoms with E-state index in [0.717, 1.165) is 12.2 Å². The van der Waals surface area contributed by atoms with E-state index < -0.39 is 23.8 Å². The van der Waals surface area contributed by atoms with E-state index in [2.05, 4.69) is 32.1 Å². The Morgan fingerprint density at radius 3 is 1.13 bits per heavy atom. The fourth-order valence-electron chi connectivity index (χ4n) is 1.24. The zero-order valence-electron chi connectivity index (χ0n) is 17.9. The van der Waals surface area contributed by atoms with Crippen LogP contribution in [0.1, 0.15) is 27.7 Å². The first-order chi connectivity index (χ1) is 13.9. The van der Waals surface area contributed by atoms with Crippen molar-refractivity contribution in [1.29, 1.82) is 0 Å². The van der Waals surface area contributed by atoms with E-state index in [1.807, 2.05) is 0 Å². The molecule has 0 saturated carbocycles. The minimum atomic E-state index is -0.520. The van der Waals surface area contributed by atoms with E-state index in [1.54, 1.807) is 0 Å². The topological polar surface area (TPSA) is 146 Å². The number of esters is 2. The summed E-state index contributed by atoms with van der Waals surface area (Å²) in [6.07, 6.45) is 1.86. The van der Waals surface area contributed by atoms with Crippen molar-refractivity contribution in [3.63, 3.8) is 0 Å². The summed E-state index contributed by atoms with van der Waals surface area (Å²) in [6.45, 7) is 12.3. The Bertz CT molecular complexity index is 647. The van der Waals surface area contributed by atoms with Crippen molar-refractivity contribution in [2.75, 3.05) is 26.4 Å². The molecular formula is C20H28O10Pd. The third-order valence-electron chi connectivity index (χ3n) is 2.48. The quantitative estimate of drug-likeness (QED) is 0.126. The second-order valence-corrected chi connectivity index (χ2v) is 5.72. The summed E-state index contributed by atoms with van der Waals surface area (Å²) in [5.41, 5.74) is 0.581. The van der Waals surface area contributed by atoms with Gasteiger partial charge in [0.15, 0.2) is 11.6 Å². The molecule has 0 atom stereocenters. The third-order valence-corrected chi connectivity index (χ3v) is 2.48. The van der Waals surface area contributed by atoms with E-state index in [1.165, 1.54) is 27.7 Å². The fourth-order valence-corrected chi connectivity index (χ4v) is 1.24. The number of ether oxygens (including phenoxy) is 4. The molecule has 0 aromatic heterocycles. The van der Waals surface area contributed by atoms with Gasteiger partial charge in [-0.05, 0) is 27.7 Å². The predicted molar refractivity (Wildman–Crippen MR) is 106 cm³/mol. The zero-order valence-corrected chi connectivity index (χ0v) is 19.4. The van der Waals surface area contributed by atoms with Gasteiger partial charge in [-0.15, -0.1) is 0 Å². The van der Waals surface area contributed by atoms with E-state index >= 15 is 0 Å². The molecule has 0 saturated heterocycles. The Morgan fingerprint density at radius 1 is 0.645 bits per heavy atom. The maximum Gasteiger partial charge on any atom is 0.333 e. The first-order valence-electron chi connectivity index (χ1n) is 8.60. The molecule has 0 rings (SSSR count). The molecule has 0 unspecified atom stereocenters. The summed E-state index contributed by atoms with van der Waals surface area (Å²) in [5.74, 6) is -2.68. The smallest absolute Gasteiger partial charge is 0.333 e. The van der Waals surface area contributed by atoms with Crippen molar-refractivity contribution < 1.29 is 68.8 Å². The van der Waals surface area contributed by atoms with Crippen molar-refractivity contribution >= 4 is 23.5 Å². The summed E-state index contributed by atoms with van der Waals surface area (Å²) in [5, 5.41) is 17.9. The van der Waals surface area contributed by atoms with Gasteiger partial charge in [-0.1, -0.05) is 13.2 Å². The van der Waals surface area contributed by atoms with Crippen molar-refractivity contribution in [1.82, 2.24) is 0 Å². The molecule has 0 amide bonds. The van der Waals surface area contributed by atoms with Crippen LogP contribution < -0.4 is 0 Å². The number of aliphatic hydroxyl groups is 2. The second-order valence-electron chi connectivity index (χ2n) is 5.72. The number of allylic oxidation sites excluding steroid dienone is 2. The molecule has 2 N–H and O–H groups in total. The molecule has 0 bridgehead atoms. The van der Waals surface area contributed by atoms with Crippen molar-refractivity contribution in [3.8, 4) is 0 Å². The third kappa shape index (κ3) is 23.2. The Morgan fingerprint density at radius 2 is 0.903 bits per heavy atom. The molecule has 0 aliphatic rings. The van der Waals surface area contributed by atoms with E-state index in [4.69, 9.17) is 10.2 Å². The molecule has 11 heteroatoms. The van der Waals surface area contributed by atoms with Crippen LogP contribution in [-0.2, 0) is 58.5 Å². The molecule has 0 aromatic carbocycles. The maximum absolute atomic E-state index is 10.9. The van der Waals surface area contributed by atoms with Crippen molar-refractivity contribution in [2.45, 2.75) is 27.7 Å². The first kappa shape index (κ1) is 32.8. The second kappa shape index (κ2) is 19.1. The van der Waals surface area contributed by atoms with E-state index in [0.29, 0.717) is 11.1 Å². The molecule has 0 aliphatic heterocycles. The Hall–Kier alpha value is -2.90. The van der Waals surface area contributed by atoms with Crippen LogP contribution in [0.5, 0.6) is 0 Å². The van der Waals surface area contributed by atoms with Gasteiger partial charge in [0, 0.05) is 31.6 Å². The molecule has 0 aromatic rings. The van der Waals surface area contributed by atoms with E-state index in [9.17, 15) is 19.2 Å². The van der Waals surface area contributed by atoms with Gasteiger partial charge in [0.05, 0.1) is 12.2 Å². The zero-order chi connectivity index (χ0) is 23.7. The van der Waals surface area contributed by atoms with Crippen LogP contribution in [0.2, 0.25) is 0 Å². The van der Waals surface area contributed by atoms with E-state index in [-0.39, 0.29) is 58.4 Å². The summed E-state index contributed by atoms with van der Waals surface area (Å²) >= 11 is 0. The predicted octanol–water partition coefficient (Wildman–Crippen LogP) is 2.22. The minimum Gasteiger partial charge on any atom is -0.481 e. The molecule has 0 aliphatic carbocycles. The van der Waals surface area contributed by atoms with Crippen molar-refractivity contribution in [2.24, 2.45) is 0 Å². The number of aliphatic hydroxyl groups excluding tert-OH is 2. The SMILES string of the molecule is C=C(C)C(=O)OCCO/C(O)=C/C(C)=O.C=C(C)C(=O)OCCO/C(O)=C/C(C)=O.[Pd]. The van der Waals surface area contributed by atoms with Gasteiger partial charge in [0.25, 0.3) is 11.9 Å². The number of carbonyl (C=O) groups is 4. The normalized spacial score (nSPS) is 10.3. The van der Waals surface area contributed by atoms with Crippen LogP contribution in [0, 0.1) is 0 Å². The summed E-state index contributed by atoms with van der Waals surface area (Å²) in [7, 11) is 0. The monoisotopic (exact) mass is 534 g/mol. The number of hydrogen-bond acceptors (Lipinski definition) is 10. The number of hydrogen-bond donors (Lipinski definition) is 2. The molecule has 0 radical (unpaired) electrons. The van der Waals surface area contributed by atoms with Gasteiger partial charge in [0.2, 0.25) is 0 Å². The van der Waals surface area contributed by atoms with Crippen LogP contribution >= 0.6 is 0 Å². The van der Waals surface area contributed by atoms with Gasteiger partial charge in [-0.3, -0.25) is 9.59 Å². The van der Waals surface area contributed by atoms with Gasteiger partial charge >= 0.3 is 11.9 Å². The van der Waals surface area contributed by atoms with Crippen LogP contribution in [-0.4, -0.2) is 60.1 Å². The Labute approximate surface area is 194 Å². The average Bonchev–Trinajstić information content (AvgIpc) is 2.61. The summed E-state index contributed by atoms with van der Waals surface area (Å²) in [6, 6.07) is 0. The average molecular weight is 535 g/mol. The van der Waals surface area contributed by atoms with Crippen LogP contribution in [0.15, 0.2) is 48.3 Å². The summed E-state index contributed by atoms with van der Waals surface area (Å²) in [4.78, 5) is 42.7.